The number of para-hydroxylation sites is 1. The van der Waals surface area contributed by atoms with E-state index in [1.165, 1.54) is 7.11 Å². The molecule has 194 valence electrons. The van der Waals surface area contributed by atoms with E-state index in [-0.39, 0.29) is 18.4 Å². The molecule has 7 heteroatoms. The Balaban J connectivity index is 1.43. The van der Waals surface area contributed by atoms with Crippen molar-refractivity contribution in [2.75, 3.05) is 13.7 Å². The Bertz CT molecular complexity index is 1180. The number of benzene rings is 3. The highest BCUT2D eigenvalue weighted by atomic mass is 16.6. The Morgan fingerprint density at radius 2 is 1.57 bits per heavy atom. The van der Waals surface area contributed by atoms with Crippen LogP contribution in [0.4, 0.5) is 4.79 Å². The van der Waals surface area contributed by atoms with Crippen molar-refractivity contribution in [2.45, 2.75) is 49.3 Å². The van der Waals surface area contributed by atoms with Crippen molar-refractivity contribution in [3.05, 3.63) is 102 Å². The molecule has 0 aliphatic heterocycles. The SMILES string of the molecule is COc1ccccc1C(=O)C(N)C1(c2ccccc2)CCC(OC(=O)NCC(O)c2ccccc2)CC1. The zero-order chi connectivity index (χ0) is 26.3. The van der Waals surface area contributed by atoms with Crippen molar-refractivity contribution in [3.63, 3.8) is 0 Å². The Morgan fingerprint density at radius 1 is 0.973 bits per heavy atom. The first kappa shape index (κ1) is 26.4. The van der Waals surface area contributed by atoms with E-state index in [4.69, 9.17) is 15.2 Å². The van der Waals surface area contributed by atoms with Crippen molar-refractivity contribution in [2.24, 2.45) is 5.73 Å². The molecule has 7 nitrogen and oxygen atoms in total. The topological polar surface area (TPSA) is 111 Å². The van der Waals surface area contributed by atoms with Crippen LogP contribution in [0.2, 0.25) is 0 Å². The second kappa shape index (κ2) is 12.0. The summed E-state index contributed by atoms with van der Waals surface area (Å²) in [6.45, 7) is 0.0573. The van der Waals surface area contributed by atoms with Crippen LogP contribution in [0.3, 0.4) is 0 Å². The van der Waals surface area contributed by atoms with E-state index in [0.29, 0.717) is 37.0 Å². The fraction of sp³-hybridized carbons (Fsp3) is 0.333. The van der Waals surface area contributed by atoms with E-state index in [1.54, 1.807) is 30.3 Å². The number of hydrogen-bond acceptors (Lipinski definition) is 6. The molecule has 0 radical (unpaired) electrons. The number of carbonyl (C=O) groups is 2. The van der Waals surface area contributed by atoms with E-state index < -0.39 is 23.7 Å². The van der Waals surface area contributed by atoms with Gasteiger partial charge in [0, 0.05) is 5.41 Å². The Morgan fingerprint density at radius 3 is 2.22 bits per heavy atom. The second-order valence-electron chi connectivity index (χ2n) is 9.48. The Hall–Kier alpha value is -3.68. The molecule has 1 amide bonds. The van der Waals surface area contributed by atoms with Gasteiger partial charge in [0.1, 0.15) is 11.9 Å². The monoisotopic (exact) mass is 502 g/mol. The van der Waals surface area contributed by atoms with Gasteiger partial charge >= 0.3 is 6.09 Å². The normalized spacial score (nSPS) is 20.9. The molecule has 4 rings (SSSR count). The standard InChI is InChI=1S/C30H34N2O5/c1-36-26-15-9-8-14-24(26)27(34)28(31)30(22-12-6-3-7-13-22)18-16-23(17-19-30)37-29(35)32-20-25(33)21-10-4-2-5-11-21/h2-15,23,25,28,33H,16-20,31H2,1H3,(H,32,35). The largest absolute Gasteiger partial charge is 0.496 e. The van der Waals surface area contributed by atoms with E-state index in [9.17, 15) is 14.7 Å². The third-order valence-corrected chi connectivity index (χ3v) is 7.32. The highest BCUT2D eigenvalue weighted by molar-refractivity contribution is 6.03. The summed E-state index contributed by atoms with van der Waals surface area (Å²) in [6, 6.07) is 25.3. The van der Waals surface area contributed by atoms with Crippen LogP contribution < -0.4 is 15.8 Å². The molecule has 0 saturated heterocycles. The summed E-state index contributed by atoms with van der Waals surface area (Å²) in [5, 5.41) is 12.9. The van der Waals surface area contributed by atoms with Gasteiger partial charge < -0.3 is 25.6 Å². The number of Topliss-reactive ketones (excluding diaryl/α,β-unsaturated/α-hetero) is 1. The molecule has 4 N–H and O–H groups in total. The first-order chi connectivity index (χ1) is 17.9. The molecule has 0 spiro atoms. The summed E-state index contributed by atoms with van der Waals surface area (Å²) in [5.74, 6) is 0.325. The molecule has 0 aromatic heterocycles. The molecule has 1 saturated carbocycles. The van der Waals surface area contributed by atoms with E-state index in [0.717, 1.165) is 11.1 Å². The number of carbonyl (C=O) groups excluding carboxylic acids is 2. The first-order valence-corrected chi connectivity index (χ1v) is 12.6. The van der Waals surface area contributed by atoms with Gasteiger partial charge in [-0.3, -0.25) is 4.79 Å². The summed E-state index contributed by atoms with van der Waals surface area (Å²) in [5.41, 5.74) is 8.33. The van der Waals surface area contributed by atoms with Gasteiger partial charge in [0.15, 0.2) is 5.78 Å². The first-order valence-electron chi connectivity index (χ1n) is 12.6. The molecular weight excluding hydrogens is 468 g/mol. The van der Waals surface area contributed by atoms with Crippen LogP contribution in [0.1, 0.15) is 53.3 Å². The summed E-state index contributed by atoms with van der Waals surface area (Å²) >= 11 is 0. The molecular formula is C30H34N2O5. The van der Waals surface area contributed by atoms with Crippen LogP contribution in [0.15, 0.2) is 84.9 Å². The summed E-state index contributed by atoms with van der Waals surface area (Å²) in [7, 11) is 1.54. The number of rotatable bonds is 9. The number of ketones is 1. The summed E-state index contributed by atoms with van der Waals surface area (Å²) < 4.78 is 11.1. The summed E-state index contributed by atoms with van der Waals surface area (Å²) in [4.78, 5) is 26.0. The maximum absolute atomic E-state index is 13.6. The Labute approximate surface area is 217 Å². The van der Waals surface area contributed by atoms with Gasteiger partial charge in [-0.1, -0.05) is 72.8 Å². The van der Waals surface area contributed by atoms with Crippen LogP contribution in [-0.4, -0.2) is 42.8 Å². The number of hydrogen-bond donors (Lipinski definition) is 3. The molecule has 1 fully saturated rings. The number of aliphatic hydroxyl groups is 1. The number of nitrogens with two attached hydrogens (primary N) is 1. The van der Waals surface area contributed by atoms with Crippen molar-refractivity contribution in [1.82, 2.24) is 5.32 Å². The van der Waals surface area contributed by atoms with Crippen LogP contribution in [-0.2, 0) is 10.2 Å². The fourth-order valence-corrected chi connectivity index (χ4v) is 5.21. The molecule has 2 unspecified atom stereocenters. The van der Waals surface area contributed by atoms with Gasteiger partial charge in [-0.2, -0.15) is 0 Å². The molecule has 1 aliphatic carbocycles. The Kier molecular flexibility index (Phi) is 8.58. The molecule has 0 bridgehead atoms. The number of nitrogens with one attached hydrogen (secondary N) is 1. The molecule has 37 heavy (non-hydrogen) atoms. The average molecular weight is 503 g/mol. The maximum atomic E-state index is 13.6. The molecule has 3 aromatic carbocycles. The lowest BCUT2D eigenvalue weighted by Crippen LogP contribution is -2.53. The van der Waals surface area contributed by atoms with Crippen molar-refractivity contribution >= 4 is 11.9 Å². The number of aliphatic hydroxyl groups excluding tert-OH is 1. The van der Waals surface area contributed by atoms with Crippen molar-refractivity contribution in [3.8, 4) is 5.75 Å². The fourth-order valence-electron chi connectivity index (χ4n) is 5.21. The minimum atomic E-state index is -0.815. The average Bonchev–Trinajstić information content (AvgIpc) is 2.96. The minimum Gasteiger partial charge on any atom is -0.496 e. The van der Waals surface area contributed by atoms with Gasteiger partial charge in [-0.05, 0) is 48.9 Å². The number of amides is 1. The van der Waals surface area contributed by atoms with Crippen LogP contribution in [0.25, 0.3) is 0 Å². The van der Waals surface area contributed by atoms with Gasteiger partial charge in [-0.15, -0.1) is 0 Å². The molecule has 1 aliphatic rings. The van der Waals surface area contributed by atoms with E-state index in [1.807, 2.05) is 54.6 Å². The lowest BCUT2D eigenvalue weighted by Gasteiger charge is -2.43. The zero-order valence-corrected chi connectivity index (χ0v) is 21.0. The van der Waals surface area contributed by atoms with Crippen LogP contribution in [0.5, 0.6) is 5.75 Å². The molecule has 3 aromatic rings. The highest BCUT2D eigenvalue weighted by Crippen LogP contribution is 2.43. The zero-order valence-electron chi connectivity index (χ0n) is 21.0. The van der Waals surface area contributed by atoms with Crippen LogP contribution in [0, 0.1) is 0 Å². The lowest BCUT2D eigenvalue weighted by atomic mass is 9.63. The van der Waals surface area contributed by atoms with Crippen molar-refractivity contribution < 1.29 is 24.2 Å². The number of ether oxygens (including phenoxy) is 2. The highest BCUT2D eigenvalue weighted by Gasteiger charge is 2.46. The van der Waals surface area contributed by atoms with Crippen LogP contribution >= 0.6 is 0 Å². The lowest BCUT2D eigenvalue weighted by molar-refractivity contribution is 0.0470. The molecule has 2 atom stereocenters. The van der Waals surface area contributed by atoms with Gasteiger partial charge in [0.25, 0.3) is 0 Å². The third kappa shape index (κ3) is 6.01. The predicted molar refractivity (Wildman–Crippen MR) is 142 cm³/mol. The third-order valence-electron chi connectivity index (χ3n) is 7.32. The quantitative estimate of drug-likeness (QED) is 0.371. The number of methoxy groups -OCH3 is 1. The molecule has 0 heterocycles. The summed E-state index contributed by atoms with van der Waals surface area (Å²) in [6.07, 6.45) is 0.617. The number of alkyl carbamates (subject to hydrolysis) is 1. The smallest absolute Gasteiger partial charge is 0.407 e. The van der Waals surface area contributed by atoms with E-state index in [2.05, 4.69) is 5.32 Å². The van der Waals surface area contributed by atoms with Gasteiger partial charge in [0.05, 0.1) is 31.4 Å². The van der Waals surface area contributed by atoms with Gasteiger partial charge in [-0.25, -0.2) is 4.79 Å². The predicted octanol–water partition coefficient (Wildman–Crippen LogP) is 4.55. The van der Waals surface area contributed by atoms with Crippen molar-refractivity contribution in [1.29, 1.82) is 0 Å². The second-order valence-corrected chi connectivity index (χ2v) is 9.48. The van der Waals surface area contributed by atoms with E-state index >= 15 is 0 Å². The van der Waals surface area contributed by atoms with Gasteiger partial charge in [0.2, 0.25) is 0 Å². The minimum absolute atomic E-state index is 0.0573. The maximum Gasteiger partial charge on any atom is 0.407 e.